The van der Waals surface area contributed by atoms with Gasteiger partial charge in [0, 0.05) is 10.9 Å². The Hall–Kier alpha value is -0.375. The van der Waals surface area contributed by atoms with E-state index >= 15 is 0 Å². The molecule has 2 N–H and O–H groups in total. The molecule has 1 aromatic rings. The van der Waals surface area contributed by atoms with Crippen molar-refractivity contribution in [3.63, 3.8) is 0 Å². The number of halogens is 2. The Balaban J connectivity index is 0.000000463. The van der Waals surface area contributed by atoms with E-state index in [4.69, 9.17) is 10.0 Å². The highest BCUT2D eigenvalue weighted by Crippen LogP contribution is 2.19. The molecule has 0 radical (unpaired) electrons. The zero-order chi connectivity index (χ0) is 18.5. The van der Waals surface area contributed by atoms with Crippen LogP contribution in [-0.2, 0) is 9.53 Å². The molecule has 1 rings (SSSR count). The Morgan fingerprint density at radius 3 is 2.54 bits per heavy atom. The van der Waals surface area contributed by atoms with Gasteiger partial charge < -0.3 is 14.8 Å². The maximum absolute atomic E-state index is 10.9. The minimum absolute atomic E-state index is 0.103. The van der Waals surface area contributed by atoms with Crippen LogP contribution in [0.5, 0.6) is 0 Å². The lowest BCUT2D eigenvalue weighted by molar-refractivity contribution is -0.140. The van der Waals surface area contributed by atoms with E-state index in [1.54, 1.807) is 18.2 Å². The molecule has 0 amide bonds. The summed E-state index contributed by atoms with van der Waals surface area (Å²) >= 11 is 5.44. The number of methoxy groups -OCH3 is 1. The summed E-state index contributed by atoms with van der Waals surface area (Å²) in [6.07, 6.45) is 4.75. The highest BCUT2D eigenvalue weighted by Gasteiger charge is 2.10. The number of allylic oxidation sites excluding steroid dienone is 1. The second kappa shape index (κ2) is 13.9. The summed E-state index contributed by atoms with van der Waals surface area (Å²) in [5, 5.41) is 17.4. The fourth-order valence-corrected chi connectivity index (χ4v) is 2.98. The SMILES string of the molecule is COC(=O)CCC[C@H](C)[C@H](C)/C=C/I.OB(O)c1cccc(Br)c1. The molecular weight excluding hydrogens is 486 g/mol. The normalized spacial score (nSPS) is 13.0. The lowest BCUT2D eigenvalue weighted by atomic mass is 9.81. The minimum atomic E-state index is -1.38. The fraction of sp³-hybridized carbons (Fsp3) is 0.471. The van der Waals surface area contributed by atoms with Crippen molar-refractivity contribution >= 4 is 57.1 Å². The number of carbonyl (C=O) groups is 1. The average Bonchev–Trinajstić information content (AvgIpc) is 2.55. The first-order valence-electron chi connectivity index (χ1n) is 7.77. The van der Waals surface area contributed by atoms with Gasteiger partial charge in [0.25, 0.3) is 0 Å². The smallest absolute Gasteiger partial charge is 0.469 e. The first-order chi connectivity index (χ1) is 11.3. The van der Waals surface area contributed by atoms with E-state index < -0.39 is 7.12 Å². The Morgan fingerprint density at radius 2 is 2.08 bits per heavy atom. The van der Waals surface area contributed by atoms with E-state index in [-0.39, 0.29) is 5.97 Å². The van der Waals surface area contributed by atoms with Crippen LogP contribution in [0.3, 0.4) is 0 Å². The lowest BCUT2D eigenvalue weighted by Gasteiger charge is -2.15. The van der Waals surface area contributed by atoms with Gasteiger partial charge in [0.15, 0.2) is 0 Å². The van der Waals surface area contributed by atoms with E-state index in [0.717, 1.165) is 17.3 Å². The number of hydrogen-bond donors (Lipinski definition) is 2. The highest BCUT2D eigenvalue weighted by atomic mass is 127. The van der Waals surface area contributed by atoms with E-state index in [2.05, 4.69) is 67.3 Å². The summed E-state index contributed by atoms with van der Waals surface area (Å²) in [7, 11) is 0.0604. The fourth-order valence-electron chi connectivity index (χ4n) is 1.90. The van der Waals surface area contributed by atoms with Gasteiger partial charge in [-0.1, -0.05) is 70.6 Å². The molecule has 0 aliphatic rings. The predicted octanol–water partition coefficient (Wildman–Crippen LogP) is 3.68. The van der Waals surface area contributed by atoms with E-state index in [0.29, 0.717) is 23.7 Å². The van der Waals surface area contributed by atoms with Crippen LogP contribution in [0.1, 0.15) is 33.1 Å². The van der Waals surface area contributed by atoms with Crippen molar-refractivity contribution in [3.8, 4) is 0 Å². The lowest BCUT2D eigenvalue weighted by Crippen LogP contribution is -2.29. The van der Waals surface area contributed by atoms with E-state index in [9.17, 15) is 4.79 Å². The molecule has 0 aliphatic heterocycles. The monoisotopic (exact) mass is 510 g/mol. The zero-order valence-electron chi connectivity index (χ0n) is 14.3. The third-order valence-corrected chi connectivity index (χ3v) is 4.60. The maximum atomic E-state index is 10.9. The molecule has 7 heteroatoms. The Kier molecular flexibility index (Phi) is 13.6. The molecule has 0 saturated heterocycles. The molecule has 0 spiro atoms. The van der Waals surface area contributed by atoms with Crippen molar-refractivity contribution in [1.82, 2.24) is 0 Å². The zero-order valence-corrected chi connectivity index (χ0v) is 18.0. The summed E-state index contributed by atoms with van der Waals surface area (Å²) in [6, 6.07) is 6.88. The van der Waals surface area contributed by atoms with Crippen molar-refractivity contribution in [2.24, 2.45) is 11.8 Å². The molecule has 0 bridgehead atoms. The summed E-state index contributed by atoms with van der Waals surface area (Å²) in [4.78, 5) is 10.9. The first-order valence-corrected chi connectivity index (χ1v) is 9.81. The largest absolute Gasteiger partial charge is 0.488 e. The predicted molar refractivity (Wildman–Crippen MR) is 111 cm³/mol. The van der Waals surface area contributed by atoms with Crippen molar-refractivity contribution in [2.75, 3.05) is 7.11 Å². The van der Waals surface area contributed by atoms with Crippen LogP contribution in [0.4, 0.5) is 0 Å². The van der Waals surface area contributed by atoms with Crippen molar-refractivity contribution in [1.29, 1.82) is 0 Å². The van der Waals surface area contributed by atoms with Gasteiger partial charge in [-0.2, -0.15) is 0 Å². The molecule has 134 valence electrons. The van der Waals surface area contributed by atoms with Crippen LogP contribution in [0.25, 0.3) is 0 Å². The summed E-state index contributed by atoms with van der Waals surface area (Å²) in [5.74, 6) is 1.12. The molecule has 0 heterocycles. The van der Waals surface area contributed by atoms with Crippen LogP contribution in [0.2, 0.25) is 0 Å². The van der Waals surface area contributed by atoms with Crippen molar-refractivity contribution in [3.05, 3.63) is 38.9 Å². The number of ether oxygens (including phenoxy) is 1. The number of hydrogen-bond acceptors (Lipinski definition) is 4. The van der Waals surface area contributed by atoms with Gasteiger partial charge in [-0.3, -0.25) is 4.79 Å². The van der Waals surface area contributed by atoms with Gasteiger partial charge in [-0.05, 0) is 46.4 Å². The summed E-state index contributed by atoms with van der Waals surface area (Å²) in [5.41, 5.74) is 0.495. The van der Waals surface area contributed by atoms with Gasteiger partial charge in [-0.15, -0.1) is 0 Å². The second-order valence-corrected chi connectivity index (χ2v) is 7.19. The van der Waals surface area contributed by atoms with Gasteiger partial charge in [0.1, 0.15) is 0 Å². The molecule has 24 heavy (non-hydrogen) atoms. The summed E-state index contributed by atoms with van der Waals surface area (Å²) < 4.78 is 7.49. The van der Waals surface area contributed by atoms with E-state index in [1.165, 1.54) is 7.11 Å². The van der Waals surface area contributed by atoms with Crippen molar-refractivity contribution < 1.29 is 19.6 Å². The molecule has 0 unspecified atom stereocenters. The van der Waals surface area contributed by atoms with Gasteiger partial charge in [0.2, 0.25) is 0 Å². The quantitative estimate of drug-likeness (QED) is 0.334. The topological polar surface area (TPSA) is 66.8 Å². The summed E-state index contributed by atoms with van der Waals surface area (Å²) in [6.45, 7) is 4.43. The standard InChI is InChI=1S/C11H19IO2.C6H6BBrO2/c1-9(10(2)7-8-12)5-4-6-11(13)14-3;8-6-3-1-2-5(4-6)7(9)10/h7-10H,4-6H2,1-3H3;1-4,9-10H/b8-7+;/t9-,10+;/m0./s1. The van der Waals surface area contributed by atoms with Gasteiger partial charge in [0.05, 0.1) is 7.11 Å². The Labute approximate surface area is 167 Å². The van der Waals surface area contributed by atoms with Crippen LogP contribution in [0.15, 0.2) is 38.9 Å². The van der Waals surface area contributed by atoms with Crippen LogP contribution < -0.4 is 5.46 Å². The Morgan fingerprint density at radius 1 is 1.42 bits per heavy atom. The second-order valence-electron chi connectivity index (χ2n) is 5.55. The molecule has 0 aliphatic carbocycles. The third kappa shape index (κ3) is 11.2. The molecule has 2 atom stereocenters. The van der Waals surface area contributed by atoms with Crippen LogP contribution in [-0.4, -0.2) is 30.2 Å². The average molecular weight is 511 g/mol. The van der Waals surface area contributed by atoms with Crippen molar-refractivity contribution in [2.45, 2.75) is 33.1 Å². The molecule has 0 fully saturated rings. The Bertz CT molecular complexity index is 511. The maximum Gasteiger partial charge on any atom is 0.488 e. The molecule has 1 aromatic carbocycles. The number of esters is 1. The first kappa shape index (κ1) is 23.6. The molecule has 0 saturated carbocycles. The molecular formula is C17H25BBrIO4. The third-order valence-electron chi connectivity index (χ3n) is 3.69. The van der Waals surface area contributed by atoms with Crippen LogP contribution >= 0.6 is 38.5 Å². The minimum Gasteiger partial charge on any atom is -0.469 e. The number of carbonyl (C=O) groups excluding carboxylic acids is 1. The number of rotatable bonds is 7. The highest BCUT2D eigenvalue weighted by molar-refractivity contribution is 14.1. The van der Waals surface area contributed by atoms with Gasteiger partial charge >= 0.3 is 13.1 Å². The number of benzene rings is 1. The van der Waals surface area contributed by atoms with Crippen LogP contribution in [0, 0.1) is 11.8 Å². The van der Waals surface area contributed by atoms with Gasteiger partial charge in [-0.25, -0.2) is 0 Å². The molecule has 0 aromatic heterocycles. The molecule has 4 nitrogen and oxygen atoms in total. The van der Waals surface area contributed by atoms with E-state index in [1.807, 2.05) is 6.07 Å².